The van der Waals surface area contributed by atoms with Crippen LogP contribution in [0.4, 0.5) is 4.39 Å². The van der Waals surface area contributed by atoms with Crippen molar-refractivity contribution in [1.29, 1.82) is 0 Å². The van der Waals surface area contributed by atoms with Gasteiger partial charge in [0.05, 0.1) is 12.5 Å². The second kappa shape index (κ2) is 6.30. The summed E-state index contributed by atoms with van der Waals surface area (Å²) in [7, 11) is 0. The van der Waals surface area contributed by atoms with Crippen LogP contribution in [-0.4, -0.2) is 31.3 Å². The molecule has 2 aromatic rings. The van der Waals surface area contributed by atoms with Crippen LogP contribution >= 0.6 is 15.9 Å². The monoisotopic (exact) mass is 356 g/mol. The molecule has 0 aliphatic heterocycles. The summed E-state index contributed by atoms with van der Waals surface area (Å²) in [6.07, 6.45) is -0.0888. The molecule has 2 rings (SSSR count). The van der Waals surface area contributed by atoms with Gasteiger partial charge < -0.3 is 5.11 Å². The van der Waals surface area contributed by atoms with Gasteiger partial charge in [0.1, 0.15) is 5.82 Å². The van der Waals surface area contributed by atoms with E-state index in [2.05, 4.69) is 31.5 Å². The van der Waals surface area contributed by atoms with E-state index in [4.69, 9.17) is 5.11 Å². The minimum Gasteiger partial charge on any atom is -0.481 e. The summed E-state index contributed by atoms with van der Waals surface area (Å²) in [5, 5.41) is 20.5. The van der Waals surface area contributed by atoms with Crippen LogP contribution in [-0.2, 0) is 4.79 Å². The molecule has 1 atom stereocenters. The molecule has 0 amide bonds. The van der Waals surface area contributed by atoms with Crippen molar-refractivity contribution in [3.63, 3.8) is 0 Å². The van der Waals surface area contributed by atoms with Crippen LogP contribution in [0.25, 0.3) is 11.4 Å². The lowest BCUT2D eigenvalue weighted by molar-refractivity contribution is -0.138. The molecule has 1 unspecified atom stereocenters. The average Bonchev–Trinajstić information content (AvgIpc) is 2.84. The fourth-order valence-corrected chi connectivity index (χ4v) is 2.58. The Morgan fingerprint density at radius 2 is 2.19 bits per heavy atom. The second-order valence-electron chi connectivity index (χ2n) is 4.98. The molecule has 0 bridgehead atoms. The molecule has 0 saturated carbocycles. The number of carboxylic acids is 1. The second-order valence-corrected chi connectivity index (χ2v) is 5.83. The minimum absolute atomic E-state index is 0.0302. The van der Waals surface area contributed by atoms with E-state index < -0.39 is 5.97 Å². The highest BCUT2D eigenvalue weighted by atomic mass is 79.9. The molecule has 1 aromatic heterocycles. The van der Waals surface area contributed by atoms with Crippen LogP contribution in [0.3, 0.4) is 0 Å². The number of carbonyl (C=O) groups is 1. The van der Waals surface area contributed by atoms with Gasteiger partial charge in [-0.15, -0.1) is 5.10 Å². The molecule has 1 aromatic carbocycles. The van der Waals surface area contributed by atoms with Gasteiger partial charge in [0.25, 0.3) is 0 Å². The normalized spacial score (nSPS) is 12.6. The molecular weight excluding hydrogens is 343 g/mol. The van der Waals surface area contributed by atoms with Crippen LogP contribution in [0, 0.1) is 11.7 Å². The Balaban J connectivity index is 2.48. The number of halogens is 2. The maximum absolute atomic E-state index is 13.2. The van der Waals surface area contributed by atoms with Crippen molar-refractivity contribution in [2.75, 3.05) is 0 Å². The zero-order valence-electron chi connectivity index (χ0n) is 11.5. The first-order valence-corrected chi connectivity index (χ1v) is 7.14. The highest BCUT2D eigenvalue weighted by Gasteiger charge is 2.25. The predicted octanol–water partition coefficient (Wildman–Crippen LogP) is 2.91. The Kier molecular flexibility index (Phi) is 4.66. The van der Waals surface area contributed by atoms with Crippen LogP contribution in [0.1, 0.15) is 26.3 Å². The highest BCUT2D eigenvalue weighted by Crippen LogP contribution is 2.31. The molecule has 6 nitrogen and oxygen atoms in total. The highest BCUT2D eigenvalue weighted by molar-refractivity contribution is 9.10. The number of aliphatic carboxylic acids is 1. The lowest BCUT2D eigenvalue weighted by Gasteiger charge is -2.20. The van der Waals surface area contributed by atoms with Crippen molar-refractivity contribution in [3.8, 4) is 11.4 Å². The first-order valence-electron chi connectivity index (χ1n) is 6.35. The first-order chi connectivity index (χ1) is 9.90. The van der Waals surface area contributed by atoms with Crippen LogP contribution in [0.2, 0.25) is 0 Å². The smallest absolute Gasteiger partial charge is 0.305 e. The van der Waals surface area contributed by atoms with Gasteiger partial charge in [0.2, 0.25) is 0 Å². The summed E-state index contributed by atoms with van der Waals surface area (Å²) in [5.41, 5.74) is 0.609. The summed E-state index contributed by atoms with van der Waals surface area (Å²) in [5.74, 6) is -0.867. The quantitative estimate of drug-likeness (QED) is 0.890. The van der Waals surface area contributed by atoms with Gasteiger partial charge in [-0.25, -0.2) is 9.07 Å². The summed E-state index contributed by atoms with van der Waals surface area (Å²) in [6.45, 7) is 3.80. The lowest BCUT2D eigenvalue weighted by Crippen LogP contribution is -2.21. The van der Waals surface area contributed by atoms with Gasteiger partial charge >= 0.3 is 5.97 Å². The number of hydrogen-bond donors (Lipinski definition) is 1. The molecule has 1 heterocycles. The summed E-state index contributed by atoms with van der Waals surface area (Å²) >= 11 is 3.27. The van der Waals surface area contributed by atoms with Gasteiger partial charge in [0, 0.05) is 10.0 Å². The van der Waals surface area contributed by atoms with E-state index in [-0.39, 0.29) is 24.2 Å². The zero-order valence-corrected chi connectivity index (χ0v) is 13.1. The first kappa shape index (κ1) is 15.6. The number of tetrazole rings is 1. The van der Waals surface area contributed by atoms with E-state index in [1.807, 2.05) is 13.8 Å². The zero-order chi connectivity index (χ0) is 15.6. The molecule has 0 aliphatic rings. The Morgan fingerprint density at radius 3 is 2.76 bits per heavy atom. The third-order valence-electron chi connectivity index (χ3n) is 3.13. The Hall–Kier alpha value is -1.83. The van der Waals surface area contributed by atoms with E-state index in [0.29, 0.717) is 15.9 Å². The number of aromatic nitrogens is 4. The van der Waals surface area contributed by atoms with E-state index in [1.54, 1.807) is 6.07 Å². The largest absolute Gasteiger partial charge is 0.481 e. The molecule has 0 saturated heterocycles. The van der Waals surface area contributed by atoms with Gasteiger partial charge in [-0.3, -0.25) is 4.79 Å². The number of rotatable bonds is 5. The summed E-state index contributed by atoms with van der Waals surface area (Å²) in [6, 6.07) is 3.79. The SMILES string of the molecule is CC(C)C(CC(=O)O)n1nnnc1-c1ccc(F)cc1Br. The Labute approximate surface area is 129 Å². The third kappa shape index (κ3) is 3.44. The molecule has 0 radical (unpaired) electrons. The van der Waals surface area contributed by atoms with Crippen LogP contribution in [0.5, 0.6) is 0 Å². The topological polar surface area (TPSA) is 80.9 Å². The van der Waals surface area contributed by atoms with E-state index in [9.17, 15) is 9.18 Å². The van der Waals surface area contributed by atoms with Gasteiger partial charge in [-0.05, 0) is 50.5 Å². The molecular formula is C13H14BrFN4O2. The van der Waals surface area contributed by atoms with Crippen molar-refractivity contribution in [2.45, 2.75) is 26.3 Å². The fraction of sp³-hybridized carbons (Fsp3) is 0.385. The van der Waals surface area contributed by atoms with Crippen molar-refractivity contribution < 1.29 is 14.3 Å². The Bertz CT molecular complexity index is 659. The van der Waals surface area contributed by atoms with Crippen LogP contribution < -0.4 is 0 Å². The third-order valence-corrected chi connectivity index (χ3v) is 3.79. The number of nitrogens with zero attached hydrogens (tertiary/aromatic N) is 4. The lowest BCUT2D eigenvalue weighted by atomic mass is 10.0. The maximum atomic E-state index is 13.2. The van der Waals surface area contributed by atoms with Gasteiger partial charge in [-0.2, -0.15) is 0 Å². The molecule has 0 fully saturated rings. The van der Waals surface area contributed by atoms with Crippen LogP contribution in [0.15, 0.2) is 22.7 Å². The van der Waals surface area contributed by atoms with Crippen molar-refractivity contribution in [2.24, 2.45) is 5.92 Å². The summed E-state index contributed by atoms with van der Waals surface area (Å²) in [4.78, 5) is 11.0. The number of hydrogen-bond acceptors (Lipinski definition) is 4. The molecule has 1 N–H and O–H groups in total. The summed E-state index contributed by atoms with van der Waals surface area (Å²) < 4.78 is 15.2. The number of benzene rings is 1. The van der Waals surface area contributed by atoms with Crippen molar-refractivity contribution >= 4 is 21.9 Å². The van der Waals surface area contributed by atoms with E-state index in [0.717, 1.165) is 0 Å². The molecule has 112 valence electrons. The average molecular weight is 357 g/mol. The standard InChI is InChI=1S/C13H14BrFN4O2/c1-7(2)11(6-12(20)21)19-13(16-17-18-19)9-4-3-8(15)5-10(9)14/h3-5,7,11H,6H2,1-2H3,(H,20,21). The van der Waals surface area contributed by atoms with Crippen molar-refractivity contribution in [1.82, 2.24) is 20.2 Å². The minimum atomic E-state index is -0.923. The van der Waals surface area contributed by atoms with Crippen molar-refractivity contribution in [3.05, 3.63) is 28.5 Å². The molecule has 0 spiro atoms. The fourth-order valence-electron chi connectivity index (χ4n) is 2.05. The Morgan fingerprint density at radius 1 is 1.48 bits per heavy atom. The van der Waals surface area contributed by atoms with Gasteiger partial charge in [0.15, 0.2) is 5.82 Å². The van der Waals surface area contributed by atoms with E-state index in [1.165, 1.54) is 16.8 Å². The molecule has 0 aliphatic carbocycles. The molecule has 8 heteroatoms. The number of carboxylic acid groups (broad SMARTS) is 1. The van der Waals surface area contributed by atoms with Gasteiger partial charge in [-0.1, -0.05) is 13.8 Å². The van der Waals surface area contributed by atoms with E-state index >= 15 is 0 Å². The molecule has 21 heavy (non-hydrogen) atoms. The predicted molar refractivity (Wildman–Crippen MR) is 77.0 cm³/mol. The maximum Gasteiger partial charge on any atom is 0.305 e.